The fraction of sp³-hybridized carbons (Fsp3) is 0.364. The molecule has 2 amide bonds. The molecule has 2 atom stereocenters. The molecule has 4 heterocycles. The van der Waals surface area contributed by atoms with Crippen LogP contribution in [0.15, 0.2) is 42.9 Å². The zero-order chi connectivity index (χ0) is 20.2. The predicted molar refractivity (Wildman–Crippen MR) is 110 cm³/mol. The molecule has 29 heavy (non-hydrogen) atoms. The predicted octanol–water partition coefficient (Wildman–Crippen LogP) is 2.87. The van der Waals surface area contributed by atoms with Gasteiger partial charge in [0.15, 0.2) is 5.65 Å². The van der Waals surface area contributed by atoms with Gasteiger partial charge in [-0.3, -0.25) is 9.59 Å². The smallest absolute Gasteiger partial charge is 0.256 e. The van der Waals surface area contributed by atoms with Gasteiger partial charge in [-0.2, -0.15) is 0 Å². The van der Waals surface area contributed by atoms with Gasteiger partial charge < -0.3 is 14.8 Å². The molecule has 0 bridgehead atoms. The molecule has 1 aromatic carbocycles. The van der Waals surface area contributed by atoms with Crippen molar-refractivity contribution in [1.29, 1.82) is 0 Å². The Balaban J connectivity index is 1.60. The molecule has 2 aromatic heterocycles. The van der Waals surface area contributed by atoms with Gasteiger partial charge in [0.2, 0.25) is 5.91 Å². The first kappa shape index (κ1) is 17.8. The summed E-state index contributed by atoms with van der Waals surface area (Å²) in [5.41, 5.74) is 3.02. The minimum atomic E-state index is -0.682. The summed E-state index contributed by atoms with van der Waals surface area (Å²) >= 11 is 0. The van der Waals surface area contributed by atoms with Crippen LogP contribution in [0.4, 0.5) is 5.69 Å². The van der Waals surface area contributed by atoms with E-state index in [-0.39, 0.29) is 17.9 Å². The number of imidazole rings is 1. The van der Waals surface area contributed by atoms with E-state index in [1.54, 1.807) is 18.6 Å². The van der Waals surface area contributed by atoms with Crippen molar-refractivity contribution < 1.29 is 9.59 Å². The van der Waals surface area contributed by atoms with E-state index in [0.29, 0.717) is 29.7 Å². The Morgan fingerprint density at radius 3 is 2.93 bits per heavy atom. The van der Waals surface area contributed by atoms with Crippen molar-refractivity contribution in [3.8, 4) is 0 Å². The number of hydrogen-bond acceptors (Lipinski definition) is 4. The van der Waals surface area contributed by atoms with Crippen LogP contribution in [0.2, 0.25) is 0 Å². The third-order valence-corrected chi connectivity index (χ3v) is 6.41. The Hall–Kier alpha value is -3.22. The van der Waals surface area contributed by atoms with Gasteiger partial charge in [0.25, 0.3) is 5.91 Å². The van der Waals surface area contributed by atoms with E-state index in [0.717, 1.165) is 24.1 Å². The standard InChI is InChI=1S/C22H23N5O2/c1-3-6-17-22(15-7-4-5-8-16(15)25-21(22)29)10-12-27(17)20(28)14-9-11-23-19-18(14)24-13-26(19)2/h4-5,7-9,11,13,17H,3,6,10,12H2,1-2H3,(H,25,29)/t17-,22+/m0/s1. The number of likely N-dealkylation sites (tertiary alicyclic amines) is 1. The molecule has 7 nitrogen and oxygen atoms in total. The van der Waals surface area contributed by atoms with Crippen LogP contribution in [-0.2, 0) is 17.3 Å². The summed E-state index contributed by atoms with van der Waals surface area (Å²) in [5.74, 6) is -0.0752. The van der Waals surface area contributed by atoms with Crippen molar-refractivity contribution in [1.82, 2.24) is 19.4 Å². The number of hydrogen-bond donors (Lipinski definition) is 1. The topological polar surface area (TPSA) is 80.1 Å². The lowest BCUT2D eigenvalue weighted by Crippen LogP contribution is -2.48. The molecule has 0 unspecified atom stereocenters. The lowest BCUT2D eigenvalue weighted by atomic mass is 9.73. The van der Waals surface area contributed by atoms with E-state index in [4.69, 9.17) is 0 Å². The molecule has 3 aromatic rings. The van der Waals surface area contributed by atoms with Crippen LogP contribution in [0.3, 0.4) is 0 Å². The molecule has 2 aliphatic heterocycles. The summed E-state index contributed by atoms with van der Waals surface area (Å²) in [6.07, 6.45) is 5.60. The Morgan fingerprint density at radius 2 is 2.10 bits per heavy atom. The number of carbonyl (C=O) groups is 2. The number of amides is 2. The zero-order valence-corrected chi connectivity index (χ0v) is 16.6. The van der Waals surface area contributed by atoms with Crippen LogP contribution in [0.1, 0.15) is 42.1 Å². The van der Waals surface area contributed by atoms with Crippen molar-refractivity contribution in [3.05, 3.63) is 54.0 Å². The van der Waals surface area contributed by atoms with Gasteiger partial charge in [0.05, 0.1) is 23.3 Å². The number of rotatable bonds is 3. The molecular weight excluding hydrogens is 366 g/mol. The molecule has 0 aliphatic carbocycles. The summed E-state index contributed by atoms with van der Waals surface area (Å²) in [6, 6.07) is 9.40. The van der Waals surface area contributed by atoms with Gasteiger partial charge in [-0.05, 0) is 30.5 Å². The lowest BCUT2D eigenvalue weighted by Gasteiger charge is -2.34. The van der Waals surface area contributed by atoms with Crippen molar-refractivity contribution in [2.24, 2.45) is 7.05 Å². The minimum Gasteiger partial charge on any atom is -0.334 e. The molecule has 2 aliphatic rings. The van der Waals surface area contributed by atoms with E-state index in [1.165, 1.54) is 0 Å². The fourth-order valence-electron chi connectivity index (χ4n) is 5.07. The van der Waals surface area contributed by atoms with Gasteiger partial charge in [0, 0.05) is 25.5 Å². The first-order valence-corrected chi connectivity index (χ1v) is 10.1. The fourth-order valence-corrected chi connectivity index (χ4v) is 5.07. The lowest BCUT2D eigenvalue weighted by molar-refractivity contribution is -0.121. The number of nitrogens with zero attached hydrogens (tertiary/aromatic N) is 4. The average Bonchev–Trinajstić information content (AvgIpc) is 3.38. The molecule has 1 fully saturated rings. The molecule has 148 valence electrons. The summed E-state index contributed by atoms with van der Waals surface area (Å²) in [7, 11) is 1.86. The molecule has 0 radical (unpaired) electrons. The van der Waals surface area contributed by atoms with Crippen molar-refractivity contribution in [2.45, 2.75) is 37.6 Å². The van der Waals surface area contributed by atoms with Crippen molar-refractivity contribution in [3.63, 3.8) is 0 Å². The number of carbonyl (C=O) groups excluding carboxylic acids is 2. The quantitative estimate of drug-likeness (QED) is 0.747. The van der Waals surface area contributed by atoms with E-state index in [2.05, 4.69) is 22.2 Å². The van der Waals surface area contributed by atoms with Crippen LogP contribution in [0.25, 0.3) is 11.2 Å². The van der Waals surface area contributed by atoms with Crippen LogP contribution < -0.4 is 5.32 Å². The Morgan fingerprint density at radius 1 is 1.28 bits per heavy atom. The molecular formula is C22H23N5O2. The summed E-state index contributed by atoms with van der Waals surface area (Å²) in [4.78, 5) is 37.4. The maximum atomic E-state index is 13.6. The van der Waals surface area contributed by atoms with Gasteiger partial charge in [-0.25, -0.2) is 9.97 Å². The SMILES string of the molecule is CCC[C@@H]1N(C(=O)c2ccnc3c2ncn3C)CC[C@]12C(=O)Nc1ccccc12. The van der Waals surface area contributed by atoms with Gasteiger partial charge in [0.1, 0.15) is 5.52 Å². The highest BCUT2D eigenvalue weighted by Crippen LogP contribution is 2.49. The maximum absolute atomic E-state index is 13.6. The number of aromatic nitrogens is 3. The second-order valence-electron chi connectivity index (χ2n) is 7.91. The second kappa shape index (κ2) is 6.40. The third kappa shape index (κ3) is 2.36. The Kier molecular flexibility index (Phi) is 3.94. The molecule has 1 saturated heterocycles. The minimum absolute atomic E-state index is 0.00478. The van der Waals surface area contributed by atoms with Crippen molar-refractivity contribution >= 4 is 28.7 Å². The van der Waals surface area contributed by atoms with Crippen molar-refractivity contribution in [2.75, 3.05) is 11.9 Å². The van der Waals surface area contributed by atoms with Crippen LogP contribution in [-0.4, -0.2) is 43.8 Å². The monoisotopic (exact) mass is 389 g/mol. The van der Waals surface area contributed by atoms with Crippen LogP contribution >= 0.6 is 0 Å². The number of benzene rings is 1. The number of fused-ring (bicyclic) bond motifs is 3. The van der Waals surface area contributed by atoms with E-state index in [9.17, 15) is 9.59 Å². The number of anilines is 1. The van der Waals surface area contributed by atoms with Gasteiger partial charge in [-0.1, -0.05) is 31.5 Å². The van der Waals surface area contributed by atoms with E-state index < -0.39 is 5.41 Å². The van der Waals surface area contributed by atoms with Crippen LogP contribution in [0, 0.1) is 0 Å². The molecule has 0 saturated carbocycles. The number of aryl methyl sites for hydroxylation is 1. The number of nitrogens with one attached hydrogen (secondary N) is 1. The van der Waals surface area contributed by atoms with E-state index >= 15 is 0 Å². The highest BCUT2D eigenvalue weighted by atomic mass is 16.2. The normalized spacial score (nSPS) is 23.0. The highest BCUT2D eigenvalue weighted by molar-refractivity contribution is 6.09. The summed E-state index contributed by atoms with van der Waals surface area (Å²) in [5, 5.41) is 3.05. The van der Waals surface area contributed by atoms with E-state index in [1.807, 2.05) is 40.8 Å². The second-order valence-corrected chi connectivity index (χ2v) is 7.91. The summed E-state index contributed by atoms with van der Waals surface area (Å²) in [6.45, 7) is 2.64. The first-order valence-electron chi connectivity index (χ1n) is 10.1. The van der Waals surface area contributed by atoms with Gasteiger partial charge >= 0.3 is 0 Å². The Labute approximate surface area is 168 Å². The largest absolute Gasteiger partial charge is 0.334 e. The first-order chi connectivity index (χ1) is 14.1. The maximum Gasteiger partial charge on any atom is 0.256 e. The average molecular weight is 389 g/mol. The number of pyridine rings is 1. The van der Waals surface area contributed by atoms with Crippen LogP contribution in [0.5, 0.6) is 0 Å². The molecule has 1 spiro atoms. The molecule has 7 heteroatoms. The highest BCUT2D eigenvalue weighted by Gasteiger charge is 2.58. The zero-order valence-electron chi connectivity index (χ0n) is 16.6. The third-order valence-electron chi connectivity index (χ3n) is 6.41. The number of para-hydroxylation sites is 1. The molecule has 1 N–H and O–H groups in total. The molecule has 5 rings (SSSR count). The Bertz CT molecular complexity index is 1140. The summed E-state index contributed by atoms with van der Waals surface area (Å²) < 4.78 is 1.81. The van der Waals surface area contributed by atoms with Gasteiger partial charge in [-0.15, -0.1) is 0 Å².